The van der Waals surface area contributed by atoms with Crippen molar-refractivity contribution >= 4 is 0 Å². The van der Waals surface area contributed by atoms with Gasteiger partial charge in [0.1, 0.15) is 0 Å². The van der Waals surface area contributed by atoms with Gasteiger partial charge in [0.2, 0.25) is 0 Å². The minimum Gasteiger partial charge on any atom is -0.381 e. The third-order valence-electron chi connectivity index (χ3n) is 2.92. The van der Waals surface area contributed by atoms with Gasteiger partial charge in [-0.3, -0.25) is 0 Å². The van der Waals surface area contributed by atoms with Crippen LogP contribution in [-0.4, -0.2) is 43.3 Å². The molecule has 1 aliphatic heterocycles. The smallest absolute Gasteiger partial charge is 0.0484 e. The summed E-state index contributed by atoms with van der Waals surface area (Å²) in [6.45, 7) is 9.24. The van der Waals surface area contributed by atoms with Gasteiger partial charge in [0.15, 0.2) is 0 Å². The Morgan fingerprint density at radius 2 is 1.77 bits per heavy atom. The Morgan fingerprint density at radius 3 is 2.23 bits per heavy atom. The van der Waals surface area contributed by atoms with Crippen LogP contribution in [0.3, 0.4) is 0 Å². The van der Waals surface area contributed by atoms with Gasteiger partial charge in [-0.25, -0.2) is 0 Å². The zero-order valence-electron chi connectivity index (χ0n) is 8.88. The van der Waals surface area contributed by atoms with Crippen LogP contribution in [0.4, 0.5) is 0 Å². The summed E-state index contributed by atoms with van der Waals surface area (Å²) in [5.41, 5.74) is 6.29. The molecule has 0 aromatic carbocycles. The predicted octanol–water partition coefficient (Wildman–Crippen LogP) is 0.836. The third kappa shape index (κ3) is 3.25. The summed E-state index contributed by atoms with van der Waals surface area (Å²) >= 11 is 0. The Bertz CT molecular complexity index is 140. The van der Waals surface area contributed by atoms with Gasteiger partial charge in [-0.15, -0.1) is 0 Å². The van der Waals surface area contributed by atoms with Crippen LogP contribution in [-0.2, 0) is 4.74 Å². The van der Waals surface area contributed by atoms with Crippen molar-refractivity contribution in [3.8, 4) is 0 Å². The number of nitrogens with two attached hydrogens (primary N) is 1. The van der Waals surface area contributed by atoms with Crippen molar-refractivity contribution in [1.82, 2.24) is 4.90 Å². The normalized spacial score (nSPS) is 22.2. The Kier molecular flexibility index (Phi) is 4.16. The van der Waals surface area contributed by atoms with Crippen molar-refractivity contribution < 1.29 is 4.74 Å². The Hall–Kier alpha value is -0.120. The molecule has 0 aliphatic carbocycles. The molecule has 3 nitrogen and oxygen atoms in total. The van der Waals surface area contributed by atoms with Gasteiger partial charge in [0, 0.05) is 25.3 Å². The molecule has 0 spiro atoms. The molecule has 0 amide bonds. The highest BCUT2D eigenvalue weighted by Crippen LogP contribution is 2.18. The van der Waals surface area contributed by atoms with E-state index in [1.807, 2.05) is 0 Å². The molecule has 0 atom stereocenters. The topological polar surface area (TPSA) is 38.5 Å². The van der Waals surface area contributed by atoms with Crippen LogP contribution in [0.25, 0.3) is 0 Å². The molecular formula is C10H22N2O. The molecule has 1 aliphatic rings. The molecule has 0 aromatic heterocycles. The number of likely N-dealkylation sites (N-methyl/N-ethyl adjacent to an activating group) is 1. The number of rotatable bonds is 4. The summed E-state index contributed by atoms with van der Waals surface area (Å²) < 4.78 is 5.32. The highest BCUT2D eigenvalue weighted by atomic mass is 16.5. The van der Waals surface area contributed by atoms with E-state index in [9.17, 15) is 0 Å². The van der Waals surface area contributed by atoms with Crippen molar-refractivity contribution in [3.05, 3.63) is 0 Å². The van der Waals surface area contributed by atoms with E-state index in [-0.39, 0.29) is 5.54 Å². The van der Waals surface area contributed by atoms with E-state index < -0.39 is 0 Å². The van der Waals surface area contributed by atoms with E-state index >= 15 is 0 Å². The molecule has 13 heavy (non-hydrogen) atoms. The fourth-order valence-corrected chi connectivity index (χ4v) is 1.83. The first kappa shape index (κ1) is 11.0. The van der Waals surface area contributed by atoms with Crippen LogP contribution in [0.15, 0.2) is 0 Å². The predicted molar refractivity (Wildman–Crippen MR) is 54.8 cm³/mol. The monoisotopic (exact) mass is 186 g/mol. The maximum Gasteiger partial charge on any atom is 0.0484 e. The van der Waals surface area contributed by atoms with Crippen LogP contribution in [0.5, 0.6) is 0 Å². The summed E-state index contributed by atoms with van der Waals surface area (Å²) in [5.74, 6) is 0. The van der Waals surface area contributed by atoms with Gasteiger partial charge in [0.25, 0.3) is 0 Å². The second-order valence-electron chi connectivity index (χ2n) is 3.94. The van der Waals surface area contributed by atoms with E-state index in [1.165, 1.54) is 0 Å². The average molecular weight is 186 g/mol. The molecule has 0 unspecified atom stereocenters. The molecule has 1 heterocycles. The van der Waals surface area contributed by atoms with Crippen molar-refractivity contribution in [1.29, 1.82) is 0 Å². The first-order valence-corrected chi connectivity index (χ1v) is 5.29. The first-order chi connectivity index (χ1) is 6.20. The van der Waals surface area contributed by atoms with E-state index in [1.54, 1.807) is 0 Å². The molecule has 3 heteroatoms. The lowest BCUT2D eigenvalue weighted by Gasteiger charge is -2.37. The highest BCUT2D eigenvalue weighted by molar-refractivity contribution is 4.89. The Morgan fingerprint density at radius 1 is 1.23 bits per heavy atom. The standard InChI is InChI=1S/C10H22N2O/c1-3-12(4-2)9-10(11)5-7-13-8-6-10/h3-9,11H2,1-2H3. The Labute approximate surface area is 81.2 Å². The lowest BCUT2D eigenvalue weighted by atomic mass is 9.91. The SMILES string of the molecule is CCN(CC)CC1(N)CCOCC1. The fourth-order valence-electron chi connectivity index (χ4n) is 1.83. The third-order valence-corrected chi connectivity index (χ3v) is 2.92. The minimum atomic E-state index is 0.00424. The van der Waals surface area contributed by atoms with Gasteiger partial charge >= 0.3 is 0 Å². The summed E-state index contributed by atoms with van der Waals surface area (Å²) in [6, 6.07) is 0. The largest absolute Gasteiger partial charge is 0.381 e. The van der Waals surface area contributed by atoms with E-state index in [0.717, 1.165) is 45.7 Å². The van der Waals surface area contributed by atoms with Gasteiger partial charge < -0.3 is 15.4 Å². The van der Waals surface area contributed by atoms with Crippen LogP contribution in [0.2, 0.25) is 0 Å². The highest BCUT2D eigenvalue weighted by Gasteiger charge is 2.29. The van der Waals surface area contributed by atoms with Crippen LogP contribution in [0.1, 0.15) is 26.7 Å². The average Bonchev–Trinajstić information content (AvgIpc) is 2.15. The second kappa shape index (κ2) is 4.94. The van der Waals surface area contributed by atoms with Gasteiger partial charge in [0.05, 0.1) is 0 Å². The first-order valence-electron chi connectivity index (χ1n) is 5.29. The summed E-state index contributed by atoms with van der Waals surface area (Å²) in [4.78, 5) is 2.39. The number of ether oxygens (including phenoxy) is 1. The molecular weight excluding hydrogens is 164 g/mol. The van der Waals surface area contributed by atoms with Gasteiger partial charge in [-0.1, -0.05) is 13.8 Å². The van der Waals surface area contributed by atoms with Crippen molar-refractivity contribution in [3.63, 3.8) is 0 Å². The Balaban J connectivity index is 2.39. The molecule has 1 saturated heterocycles. The molecule has 2 N–H and O–H groups in total. The lowest BCUT2D eigenvalue weighted by molar-refractivity contribution is 0.0391. The maximum atomic E-state index is 6.29. The molecule has 1 fully saturated rings. The molecule has 0 bridgehead atoms. The van der Waals surface area contributed by atoms with Gasteiger partial charge in [-0.05, 0) is 25.9 Å². The number of hydrogen-bond acceptors (Lipinski definition) is 3. The summed E-state index contributed by atoms with van der Waals surface area (Å²) in [7, 11) is 0. The van der Waals surface area contributed by atoms with Gasteiger partial charge in [-0.2, -0.15) is 0 Å². The fraction of sp³-hybridized carbons (Fsp3) is 1.00. The number of nitrogens with zero attached hydrogens (tertiary/aromatic N) is 1. The molecule has 0 aromatic rings. The maximum absolute atomic E-state index is 6.29. The zero-order chi connectivity index (χ0) is 9.73. The van der Waals surface area contributed by atoms with Crippen LogP contribution < -0.4 is 5.73 Å². The van der Waals surface area contributed by atoms with E-state index in [4.69, 9.17) is 10.5 Å². The van der Waals surface area contributed by atoms with Crippen molar-refractivity contribution in [2.24, 2.45) is 5.73 Å². The summed E-state index contributed by atoms with van der Waals surface area (Å²) in [5, 5.41) is 0. The lowest BCUT2D eigenvalue weighted by Crippen LogP contribution is -2.53. The van der Waals surface area contributed by atoms with Crippen LogP contribution >= 0.6 is 0 Å². The number of hydrogen-bond donors (Lipinski definition) is 1. The molecule has 0 saturated carbocycles. The minimum absolute atomic E-state index is 0.00424. The second-order valence-corrected chi connectivity index (χ2v) is 3.94. The van der Waals surface area contributed by atoms with Crippen LogP contribution in [0, 0.1) is 0 Å². The van der Waals surface area contributed by atoms with E-state index in [2.05, 4.69) is 18.7 Å². The summed E-state index contributed by atoms with van der Waals surface area (Å²) in [6.07, 6.45) is 2.01. The van der Waals surface area contributed by atoms with Crippen molar-refractivity contribution in [2.75, 3.05) is 32.8 Å². The zero-order valence-corrected chi connectivity index (χ0v) is 8.88. The quantitative estimate of drug-likeness (QED) is 0.707. The molecule has 0 radical (unpaired) electrons. The molecule has 1 rings (SSSR count). The van der Waals surface area contributed by atoms with Crippen molar-refractivity contribution in [2.45, 2.75) is 32.2 Å². The van der Waals surface area contributed by atoms with E-state index in [0.29, 0.717) is 0 Å². The molecule has 78 valence electrons.